The summed E-state index contributed by atoms with van der Waals surface area (Å²) in [5.41, 5.74) is 2.78. The Morgan fingerprint density at radius 2 is 0.786 bits per heavy atom. The molecule has 1 aliphatic rings. The van der Waals surface area contributed by atoms with Gasteiger partial charge in [-0.2, -0.15) is 0 Å². The number of aryl methyl sites for hydroxylation is 3. The number of aliphatic hydroxyl groups excluding tert-OH is 9. The Balaban J connectivity index is -0.0000000397. The van der Waals surface area contributed by atoms with Gasteiger partial charge in [-0.05, 0) is 112 Å². The molecule has 1 heterocycles. The van der Waals surface area contributed by atoms with Crippen LogP contribution in [0.4, 0.5) is 0 Å². The highest BCUT2D eigenvalue weighted by atomic mass is 35.5. The van der Waals surface area contributed by atoms with Gasteiger partial charge in [-0.15, -0.1) is 29.6 Å². The fourth-order valence-corrected chi connectivity index (χ4v) is 8.56. The van der Waals surface area contributed by atoms with E-state index in [1.165, 1.54) is 41.3 Å². The van der Waals surface area contributed by atoms with Crippen LogP contribution in [0.1, 0.15) is 46.6 Å². The summed E-state index contributed by atoms with van der Waals surface area (Å²) in [6.07, 6.45) is 4.10. The van der Waals surface area contributed by atoms with E-state index < -0.39 is 42.6 Å². The fourth-order valence-electron chi connectivity index (χ4n) is 6.87. The Kier molecular flexibility index (Phi) is 63.1. The minimum absolute atomic E-state index is 0. The highest BCUT2D eigenvalue weighted by Gasteiger charge is 2.32. The van der Waals surface area contributed by atoms with Crippen molar-refractivity contribution in [2.45, 2.75) is 53.8 Å². The minimum atomic E-state index is -4.27. The average molecular weight is 1590 g/mol. The number of likely N-dealkylation sites (N-methyl/N-ethyl adjacent to an activating group) is 4. The van der Waals surface area contributed by atoms with Crippen molar-refractivity contribution in [2.75, 3.05) is 179 Å². The number of hydrogen-bond donors (Lipinski definition) is 10. The Labute approximate surface area is 659 Å². The van der Waals surface area contributed by atoms with E-state index in [0.29, 0.717) is 66.8 Å². The molecule has 0 aromatic heterocycles. The molecule has 30 heteroatoms. The van der Waals surface area contributed by atoms with Crippen molar-refractivity contribution in [3.05, 3.63) is 89.5 Å². The van der Waals surface area contributed by atoms with E-state index in [1.54, 1.807) is 36.4 Å². The maximum absolute atomic E-state index is 10.6. The number of alkyl halides is 2. The van der Waals surface area contributed by atoms with Crippen molar-refractivity contribution in [3.8, 4) is 131 Å². The molecule has 10 N–H and O–H groups in total. The molecule has 1 aliphatic heterocycles. The molecule has 0 spiro atoms. The highest BCUT2D eigenvalue weighted by Crippen LogP contribution is 2.13. The van der Waals surface area contributed by atoms with Crippen LogP contribution >= 0.6 is 23.2 Å². The molecular weight excluding hydrogens is 1450 g/mol. The summed E-state index contributed by atoms with van der Waals surface area (Å²) in [4.78, 5) is 2.62. The second-order valence-electron chi connectivity index (χ2n) is 22.8. The van der Waals surface area contributed by atoms with Gasteiger partial charge < -0.3 is 95.5 Å². The van der Waals surface area contributed by atoms with E-state index in [2.05, 4.69) is 124 Å². The van der Waals surface area contributed by atoms with Gasteiger partial charge in [-0.3, -0.25) is 0 Å². The van der Waals surface area contributed by atoms with Gasteiger partial charge in [0.25, 0.3) is 0 Å². The molecule has 0 radical (unpaired) electrons. The second-order valence-corrected chi connectivity index (χ2v) is 27.5. The molecular formula is C73H138Cl3N5O19S3. The number of rotatable bonds is 25. The standard InChI is InChI=1S/C33H28N2O4.C7H17ClNO2.3C7H8O3S.C5H13NO2.C4H11NO.C3H5ClO.ClH.21H2/c1-4-5-6-7-8-9-10-11-12-13-14-15-16-17-18-19-20-21-22-23-24-35(26-29-37,27-30-38)32-33(39)31-34(2,3)25-28-36;1-9(2,3-4-10)6-7(11)5-8;3*1-6-2-4-7(5-3-6)11(8,9)10;1-6(2-4-7)3-5-8;1-5(2)3-4-6;4-1-3-2-5-3;;;;;;;;;;;;;;;;;;;;;;/h1,33,36-39H,25-32H2,2-3H3;7,10-11H,3-6H2,1-2H3;3*2-5H,1H3,(H,8,9,10);7-8H,2-5H2,1H3;6H,3-4H2,1-2H3;3H,1-2H2;22*1H/q+2;+1;;;;;;;;;;;;;;;;;;;;;;;;;;;;/p-3. The Hall–Kier alpha value is -7.18. The SMILES string of the molecule is C#CC#CC#CC#CC#CC#CC#CC#CC#CC#CC#C[N+](CCO)(CCO)CC(O)C[N+](C)(C)CCO.CN(CCO)CCO.C[N+](C)(CCO)CC(O)CCl.C[NH+](C)CCO.Cc1ccc(S(=O)(=O)[O-])cc1.Cc1ccc(S(=O)(=O)[O-])cc1.Cc1ccc(S(=O)(=O)[O-])cc1.ClCC1CO1.[Cl-].[HH].[HH].[HH].[HH].[HH].[HH].[HH].[HH].[HH].[HH].[HH].[HH].[HH].[HH].[HH].[HH].[HH].[HH].[HH].[HH].[HH]. The molecule has 0 aliphatic carbocycles. The van der Waals surface area contributed by atoms with Gasteiger partial charge in [0, 0.05) is 108 Å². The van der Waals surface area contributed by atoms with Crippen LogP contribution in [0.2, 0.25) is 0 Å². The molecule has 0 bridgehead atoms. The molecule has 4 rings (SSSR count). The molecule has 1 fully saturated rings. The van der Waals surface area contributed by atoms with Crippen LogP contribution in [0.25, 0.3) is 0 Å². The third kappa shape index (κ3) is 66.5. The number of terminal acetylenes is 1. The maximum atomic E-state index is 10.6. The van der Waals surface area contributed by atoms with Gasteiger partial charge in [-0.1, -0.05) is 53.1 Å². The molecule has 3 aromatic rings. The first-order valence-electron chi connectivity index (χ1n) is 30.8. The van der Waals surface area contributed by atoms with Crippen molar-refractivity contribution in [3.63, 3.8) is 0 Å². The van der Waals surface area contributed by atoms with Gasteiger partial charge in [0.1, 0.15) is 88.8 Å². The van der Waals surface area contributed by atoms with E-state index in [1.807, 2.05) is 75.0 Å². The van der Waals surface area contributed by atoms with E-state index in [4.69, 9.17) is 54.8 Å². The van der Waals surface area contributed by atoms with E-state index >= 15 is 0 Å². The number of aliphatic hydroxyl groups is 9. The van der Waals surface area contributed by atoms with Crippen LogP contribution in [-0.2, 0) is 35.1 Å². The maximum Gasteiger partial charge on any atom is 0.153 e. The zero-order chi connectivity index (χ0) is 78.5. The van der Waals surface area contributed by atoms with Crippen LogP contribution in [0, 0.1) is 152 Å². The Morgan fingerprint density at radius 3 is 0.990 bits per heavy atom. The van der Waals surface area contributed by atoms with Gasteiger partial charge in [0.2, 0.25) is 0 Å². The largest absolute Gasteiger partial charge is 1.00 e. The van der Waals surface area contributed by atoms with Gasteiger partial charge >= 0.3 is 0 Å². The third-order valence-electron chi connectivity index (χ3n) is 12.2. The number of halogens is 3. The Bertz CT molecular complexity index is 3860. The number of nitrogens with zero attached hydrogens (tertiary/aromatic N) is 4. The summed E-state index contributed by atoms with van der Waals surface area (Å²) < 4.78 is 99.2. The van der Waals surface area contributed by atoms with Crippen LogP contribution in [-0.4, -0.2) is 301 Å². The number of ether oxygens (including phenoxy) is 1. The zero-order valence-corrected chi connectivity index (χ0v) is 64.4. The lowest BCUT2D eigenvalue weighted by Gasteiger charge is -2.35. The van der Waals surface area contributed by atoms with E-state index in [0.717, 1.165) is 29.8 Å². The molecule has 24 nitrogen and oxygen atoms in total. The van der Waals surface area contributed by atoms with Gasteiger partial charge in [0.15, 0.2) is 12.1 Å². The number of hydrogen-bond acceptors (Lipinski definition) is 20. The van der Waals surface area contributed by atoms with Crippen molar-refractivity contribution in [2.24, 2.45) is 0 Å². The molecule has 0 saturated carbocycles. The molecule has 3 aromatic carbocycles. The fraction of sp³-hybridized carbons (Fsp3) is 0.452. The number of epoxide rings is 1. The highest BCUT2D eigenvalue weighted by molar-refractivity contribution is 7.86. The summed E-state index contributed by atoms with van der Waals surface area (Å²) in [6, 6.07) is 20.3. The van der Waals surface area contributed by atoms with Crippen LogP contribution in [0.5, 0.6) is 0 Å². The predicted octanol–water partition coefficient (Wildman–Crippen LogP) is 0.0143. The monoisotopic (exact) mass is 1590 g/mol. The van der Waals surface area contributed by atoms with Crippen molar-refractivity contribution < 1.29 is 150 Å². The molecule has 103 heavy (non-hydrogen) atoms. The summed E-state index contributed by atoms with van der Waals surface area (Å²) >= 11 is 10.7. The second kappa shape index (κ2) is 62.2. The number of quaternary nitrogens is 4. The van der Waals surface area contributed by atoms with Crippen LogP contribution < -0.4 is 17.3 Å². The first-order chi connectivity index (χ1) is 47.9. The first-order valence-corrected chi connectivity index (χ1v) is 36.1. The first kappa shape index (κ1) is 104. The van der Waals surface area contributed by atoms with Crippen molar-refractivity contribution in [1.82, 2.24) is 4.90 Å². The van der Waals surface area contributed by atoms with Crippen molar-refractivity contribution >= 4 is 53.6 Å². The zero-order valence-electron chi connectivity index (χ0n) is 59.6. The quantitative estimate of drug-likeness (QED) is 0.0176. The molecule has 3 unspecified atom stereocenters. The molecule has 608 valence electrons. The number of benzene rings is 3. The lowest BCUT2D eigenvalue weighted by molar-refractivity contribution is -0.905. The average Bonchev–Trinajstić information content (AvgIpc) is 1.65. The summed E-state index contributed by atoms with van der Waals surface area (Å²) in [6.45, 7) is 11.6. The predicted molar refractivity (Wildman–Crippen MR) is 435 cm³/mol. The topological polar surface area (TPSA) is 374 Å². The Morgan fingerprint density at radius 1 is 0.505 bits per heavy atom. The summed E-state index contributed by atoms with van der Waals surface area (Å²) in [5.74, 6) is 50.5. The van der Waals surface area contributed by atoms with Gasteiger partial charge in [-0.25, -0.2) is 29.7 Å². The van der Waals surface area contributed by atoms with Crippen molar-refractivity contribution in [1.29, 1.82) is 0 Å². The molecule has 0 amide bonds. The molecule has 1 saturated heterocycles. The lowest BCUT2D eigenvalue weighted by Crippen LogP contribution is -3.06. The summed E-state index contributed by atoms with van der Waals surface area (Å²) in [5, 5.41) is 81.6. The third-order valence-corrected chi connectivity index (χ3v) is 15.4. The molecule has 3 atom stereocenters. The van der Waals surface area contributed by atoms with E-state index in [-0.39, 0.29) is 127 Å². The minimum Gasteiger partial charge on any atom is -1.00 e. The van der Waals surface area contributed by atoms with Gasteiger partial charge in [0.05, 0.1) is 134 Å². The summed E-state index contributed by atoms with van der Waals surface area (Å²) in [7, 11) is 0.764. The number of nitrogens with one attached hydrogen (secondary N) is 1. The lowest BCUT2D eigenvalue weighted by atomic mass is 10.2. The van der Waals surface area contributed by atoms with Crippen LogP contribution in [0.3, 0.4) is 0 Å². The van der Waals surface area contributed by atoms with E-state index in [9.17, 15) is 64.4 Å². The van der Waals surface area contributed by atoms with Crippen LogP contribution in [0.15, 0.2) is 87.5 Å². The smallest absolute Gasteiger partial charge is 0.153 e. The normalized spacial score (nSPS) is 11.7.